The Morgan fingerprint density at radius 3 is 2.09 bits per heavy atom. The van der Waals surface area contributed by atoms with Gasteiger partial charge in [-0.05, 0) is 30.7 Å². The molecule has 0 bridgehead atoms. The zero-order chi connectivity index (χ0) is 16.5. The maximum absolute atomic E-state index is 11.8. The Morgan fingerprint density at radius 1 is 1.05 bits per heavy atom. The van der Waals surface area contributed by atoms with Gasteiger partial charge in [-0.3, -0.25) is 14.4 Å². The summed E-state index contributed by atoms with van der Waals surface area (Å²) in [5.41, 5.74) is 1.24. The van der Waals surface area contributed by atoms with Crippen LogP contribution in [0.2, 0.25) is 0 Å². The maximum atomic E-state index is 11.8. The van der Waals surface area contributed by atoms with Gasteiger partial charge in [0.1, 0.15) is 6.42 Å². The third-order valence-electron chi connectivity index (χ3n) is 3.07. The number of carbonyl (C=O) groups excluding carboxylic acids is 3. The lowest BCUT2D eigenvalue weighted by molar-refractivity contribution is -0.133. The van der Waals surface area contributed by atoms with E-state index in [1.165, 1.54) is 6.92 Å². The predicted molar refractivity (Wildman–Crippen MR) is 86.5 cm³/mol. The van der Waals surface area contributed by atoms with E-state index in [2.05, 4.69) is 17.6 Å². The fourth-order valence-electron chi connectivity index (χ4n) is 1.84. The first-order valence-corrected chi connectivity index (χ1v) is 7.34. The highest BCUT2D eigenvalue weighted by Crippen LogP contribution is 2.13. The second-order valence-corrected chi connectivity index (χ2v) is 5.15. The van der Waals surface area contributed by atoms with Crippen molar-refractivity contribution in [1.82, 2.24) is 4.90 Å². The Balaban J connectivity index is 2.47. The van der Waals surface area contributed by atoms with Gasteiger partial charge in [0.05, 0.1) is 0 Å². The number of carbonyl (C=O) groups is 3. The molecule has 0 fully saturated rings. The molecule has 2 N–H and O–H groups in total. The zero-order valence-electron chi connectivity index (χ0n) is 13.3. The first kappa shape index (κ1) is 17.7. The second-order valence-electron chi connectivity index (χ2n) is 5.15. The molecule has 0 atom stereocenters. The Bertz CT molecular complexity index is 526. The first-order valence-electron chi connectivity index (χ1n) is 7.34. The van der Waals surface area contributed by atoms with Crippen molar-refractivity contribution in [3.63, 3.8) is 0 Å². The van der Waals surface area contributed by atoms with Gasteiger partial charge in [-0.25, -0.2) is 0 Å². The molecular formula is C16H23N3O3. The third-order valence-corrected chi connectivity index (χ3v) is 3.07. The molecule has 1 rings (SSSR count). The van der Waals surface area contributed by atoms with Crippen molar-refractivity contribution < 1.29 is 14.4 Å². The number of rotatable bonds is 7. The molecule has 0 radical (unpaired) electrons. The van der Waals surface area contributed by atoms with Crippen LogP contribution in [0.5, 0.6) is 0 Å². The number of anilines is 2. The number of unbranched alkanes of at least 4 members (excludes halogenated alkanes) is 1. The number of nitrogens with zero attached hydrogens (tertiary/aromatic N) is 1. The van der Waals surface area contributed by atoms with Crippen LogP contribution >= 0.6 is 0 Å². The number of nitrogens with one attached hydrogen (secondary N) is 2. The van der Waals surface area contributed by atoms with Gasteiger partial charge in [0.2, 0.25) is 17.7 Å². The average molecular weight is 305 g/mol. The molecule has 3 amide bonds. The minimum atomic E-state index is -0.347. The van der Waals surface area contributed by atoms with Gasteiger partial charge in [0.25, 0.3) is 0 Å². The molecule has 0 heterocycles. The summed E-state index contributed by atoms with van der Waals surface area (Å²) in [6, 6.07) is 6.72. The molecule has 0 aromatic heterocycles. The molecule has 0 aliphatic carbocycles. The fourth-order valence-corrected chi connectivity index (χ4v) is 1.84. The van der Waals surface area contributed by atoms with Crippen LogP contribution in [0.4, 0.5) is 11.4 Å². The van der Waals surface area contributed by atoms with Gasteiger partial charge in [0, 0.05) is 31.9 Å². The summed E-state index contributed by atoms with van der Waals surface area (Å²) in [5, 5.41) is 5.30. The van der Waals surface area contributed by atoms with E-state index in [-0.39, 0.29) is 24.1 Å². The molecule has 0 aliphatic rings. The summed E-state index contributed by atoms with van der Waals surface area (Å²) in [7, 11) is 1.70. The van der Waals surface area contributed by atoms with Crippen molar-refractivity contribution in [3.8, 4) is 0 Å². The van der Waals surface area contributed by atoms with E-state index in [0.717, 1.165) is 12.8 Å². The highest BCUT2D eigenvalue weighted by Gasteiger charge is 2.13. The zero-order valence-corrected chi connectivity index (χ0v) is 13.3. The lowest BCUT2D eigenvalue weighted by Gasteiger charge is -2.16. The molecule has 0 saturated heterocycles. The Morgan fingerprint density at radius 2 is 1.59 bits per heavy atom. The van der Waals surface area contributed by atoms with Crippen molar-refractivity contribution >= 4 is 29.1 Å². The third kappa shape index (κ3) is 6.39. The summed E-state index contributed by atoms with van der Waals surface area (Å²) in [6.45, 7) is 4.14. The number of amides is 3. The van der Waals surface area contributed by atoms with Crippen LogP contribution in [0.25, 0.3) is 0 Å². The van der Waals surface area contributed by atoms with Crippen LogP contribution in [0, 0.1) is 0 Å². The lowest BCUT2D eigenvalue weighted by atomic mass is 10.2. The van der Waals surface area contributed by atoms with Crippen LogP contribution in [0.1, 0.15) is 33.1 Å². The average Bonchev–Trinajstić information content (AvgIpc) is 2.46. The summed E-state index contributed by atoms with van der Waals surface area (Å²) in [4.78, 5) is 36.2. The minimum absolute atomic E-state index is 0.155. The number of benzene rings is 1. The lowest BCUT2D eigenvalue weighted by Crippen LogP contribution is -2.31. The topological polar surface area (TPSA) is 78.5 Å². The first-order chi connectivity index (χ1) is 10.4. The van der Waals surface area contributed by atoms with E-state index >= 15 is 0 Å². The van der Waals surface area contributed by atoms with Crippen LogP contribution in [0.15, 0.2) is 24.3 Å². The monoisotopic (exact) mass is 305 g/mol. The SMILES string of the molecule is CCCCN(C)C(=O)CC(=O)Nc1ccc(NC(C)=O)cc1. The Labute approximate surface area is 130 Å². The van der Waals surface area contributed by atoms with Gasteiger partial charge in [-0.2, -0.15) is 0 Å². The maximum Gasteiger partial charge on any atom is 0.233 e. The molecule has 0 unspecified atom stereocenters. The van der Waals surface area contributed by atoms with E-state index in [1.54, 1.807) is 36.2 Å². The smallest absolute Gasteiger partial charge is 0.233 e. The van der Waals surface area contributed by atoms with Gasteiger partial charge in [-0.15, -0.1) is 0 Å². The second kappa shape index (κ2) is 8.81. The van der Waals surface area contributed by atoms with E-state index in [1.807, 2.05) is 0 Å². The van der Waals surface area contributed by atoms with Crippen LogP contribution in [-0.4, -0.2) is 36.2 Å². The fraction of sp³-hybridized carbons (Fsp3) is 0.438. The predicted octanol–water partition coefficient (Wildman–Crippen LogP) is 2.23. The highest BCUT2D eigenvalue weighted by molar-refractivity contribution is 6.03. The molecule has 6 heteroatoms. The molecule has 0 saturated carbocycles. The molecule has 22 heavy (non-hydrogen) atoms. The van der Waals surface area contributed by atoms with Crippen molar-refractivity contribution in [2.75, 3.05) is 24.2 Å². The summed E-state index contributed by atoms with van der Waals surface area (Å²) >= 11 is 0. The van der Waals surface area contributed by atoms with Crippen LogP contribution < -0.4 is 10.6 Å². The molecule has 1 aromatic rings. The molecule has 0 aliphatic heterocycles. The minimum Gasteiger partial charge on any atom is -0.345 e. The van der Waals surface area contributed by atoms with Crippen LogP contribution in [0.3, 0.4) is 0 Å². The number of hydrogen-bond acceptors (Lipinski definition) is 3. The highest BCUT2D eigenvalue weighted by atomic mass is 16.2. The molecular weight excluding hydrogens is 282 g/mol. The Hall–Kier alpha value is -2.37. The van der Waals surface area contributed by atoms with Gasteiger partial charge in [0.15, 0.2) is 0 Å². The van der Waals surface area contributed by atoms with E-state index in [4.69, 9.17) is 0 Å². The van der Waals surface area contributed by atoms with Gasteiger partial charge in [-0.1, -0.05) is 13.3 Å². The van der Waals surface area contributed by atoms with Crippen LogP contribution in [-0.2, 0) is 14.4 Å². The van der Waals surface area contributed by atoms with Crippen molar-refractivity contribution in [1.29, 1.82) is 0 Å². The van der Waals surface area contributed by atoms with Crippen molar-refractivity contribution in [2.45, 2.75) is 33.1 Å². The molecule has 120 valence electrons. The molecule has 0 spiro atoms. The summed E-state index contributed by atoms with van der Waals surface area (Å²) in [5.74, 6) is -0.695. The largest absolute Gasteiger partial charge is 0.345 e. The van der Waals surface area contributed by atoms with E-state index in [0.29, 0.717) is 17.9 Å². The van der Waals surface area contributed by atoms with Gasteiger partial charge < -0.3 is 15.5 Å². The Kier molecular flexibility index (Phi) is 7.08. The van der Waals surface area contributed by atoms with E-state index < -0.39 is 0 Å². The number of hydrogen-bond donors (Lipinski definition) is 2. The van der Waals surface area contributed by atoms with Gasteiger partial charge >= 0.3 is 0 Å². The standard InChI is InChI=1S/C16H23N3O3/c1-4-5-10-19(3)16(22)11-15(21)18-14-8-6-13(7-9-14)17-12(2)20/h6-9H,4-5,10-11H2,1-3H3,(H,17,20)(H,18,21). The normalized spacial score (nSPS) is 9.95. The van der Waals surface area contributed by atoms with Crippen molar-refractivity contribution in [2.24, 2.45) is 0 Å². The summed E-state index contributed by atoms with van der Waals surface area (Å²) in [6.07, 6.45) is 1.76. The quantitative estimate of drug-likeness (QED) is 0.758. The van der Waals surface area contributed by atoms with E-state index in [9.17, 15) is 14.4 Å². The van der Waals surface area contributed by atoms with Crippen molar-refractivity contribution in [3.05, 3.63) is 24.3 Å². The summed E-state index contributed by atoms with van der Waals surface area (Å²) < 4.78 is 0. The molecule has 6 nitrogen and oxygen atoms in total. The molecule has 1 aromatic carbocycles.